The number of nitriles is 1. The minimum atomic E-state index is -0.383. The van der Waals surface area contributed by atoms with Gasteiger partial charge in [0.1, 0.15) is 11.5 Å². The lowest BCUT2D eigenvalue weighted by Gasteiger charge is -2.09. The van der Waals surface area contributed by atoms with Gasteiger partial charge < -0.3 is 9.72 Å². The topological polar surface area (TPSA) is 53.1 Å². The third-order valence-electron chi connectivity index (χ3n) is 3.35. The van der Waals surface area contributed by atoms with Crippen LogP contribution in [0.4, 0.5) is 10.1 Å². The van der Waals surface area contributed by atoms with Gasteiger partial charge in [0, 0.05) is 23.6 Å². The maximum atomic E-state index is 13.7. The summed E-state index contributed by atoms with van der Waals surface area (Å²) in [6.07, 6.45) is 3.84. The lowest BCUT2D eigenvalue weighted by molar-refractivity contribution is 0.618. The lowest BCUT2D eigenvalue weighted by Crippen LogP contribution is -2.03. The molecule has 1 aromatic carbocycles. The van der Waals surface area contributed by atoms with E-state index < -0.39 is 0 Å². The van der Waals surface area contributed by atoms with E-state index in [2.05, 4.69) is 10.3 Å². The van der Waals surface area contributed by atoms with Gasteiger partial charge in [0.15, 0.2) is 0 Å². The molecule has 21 heavy (non-hydrogen) atoms. The largest absolute Gasteiger partial charge is 0.379 e. The summed E-state index contributed by atoms with van der Waals surface area (Å²) < 4.78 is 15.6. The molecule has 0 aliphatic rings. The maximum Gasteiger partial charge on any atom is 0.137 e. The first kappa shape index (κ1) is 13.1. The molecule has 0 aliphatic carbocycles. The molecule has 3 rings (SSSR count). The van der Waals surface area contributed by atoms with E-state index in [0.29, 0.717) is 23.4 Å². The van der Waals surface area contributed by atoms with Crippen molar-refractivity contribution >= 4 is 11.3 Å². The van der Waals surface area contributed by atoms with Gasteiger partial charge >= 0.3 is 0 Å². The Hall–Kier alpha value is -2.87. The highest BCUT2D eigenvalue weighted by molar-refractivity contribution is 5.56. The zero-order valence-corrected chi connectivity index (χ0v) is 11.5. The fraction of sp³-hybridized carbons (Fsp3) is 0.125. The minimum Gasteiger partial charge on any atom is -0.379 e. The Kier molecular flexibility index (Phi) is 3.28. The number of rotatable bonds is 3. The van der Waals surface area contributed by atoms with Crippen LogP contribution in [0.5, 0.6) is 0 Å². The van der Waals surface area contributed by atoms with Gasteiger partial charge in [-0.1, -0.05) is 6.07 Å². The third kappa shape index (κ3) is 2.56. The minimum absolute atomic E-state index is 0.301. The average molecular weight is 280 g/mol. The zero-order chi connectivity index (χ0) is 14.8. The molecule has 0 atom stereocenters. The van der Waals surface area contributed by atoms with Crippen LogP contribution in [-0.2, 0) is 6.54 Å². The molecule has 4 nitrogen and oxygen atoms in total. The molecular formula is C16H13FN4. The summed E-state index contributed by atoms with van der Waals surface area (Å²) in [5.41, 5.74) is 3.13. The molecule has 5 heteroatoms. The Balaban J connectivity index is 1.84. The number of nitrogens with zero attached hydrogens (tertiary/aromatic N) is 3. The number of anilines is 1. The second-order valence-corrected chi connectivity index (χ2v) is 4.79. The van der Waals surface area contributed by atoms with Gasteiger partial charge in [-0.25, -0.2) is 9.37 Å². The maximum absolute atomic E-state index is 13.7. The predicted octanol–water partition coefficient (Wildman–Crippen LogP) is 3.27. The van der Waals surface area contributed by atoms with E-state index in [0.717, 1.165) is 11.3 Å². The zero-order valence-electron chi connectivity index (χ0n) is 11.5. The number of benzene rings is 1. The smallest absolute Gasteiger partial charge is 0.137 e. The lowest BCUT2D eigenvalue weighted by atomic mass is 10.1. The highest BCUT2D eigenvalue weighted by Gasteiger charge is 2.08. The number of imidazole rings is 1. The molecule has 0 radical (unpaired) electrons. The molecule has 0 spiro atoms. The van der Waals surface area contributed by atoms with Crippen molar-refractivity contribution in [3.63, 3.8) is 0 Å². The SMILES string of the molecule is Cc1c(F)cc(C#N)cc1NCc1cn2ccccc2n1. The molecule has 0 fully saturated rings. The van der Waals surface area contributed by atoms with Gasteiger partial charge in [-0.2, -0.15) is 5.26 Å². The number of pyridine rings is 1. The van der Waals surface area contributed by atoms with E-state index in [1.807, 2.05) is 41.1 Å². The van der Waals surface area contributed by atoms with Gasteiger partial charge in [0.25, 0.3) is 0 Å². The van der Waals surface area contributed by atoms with Crippen LogP contribution in [0.1, 0.15) is 16.8 Å². The van der Waals surface area contributed by atoms with Crippen LogP contribution < -0.4 is 5.32 Å². The van der Waals surface area contributed by atoms with Crippen LogP contribution in [-0.4, -0.2) is 9.38 Å². The van der Waals surface area contributed by atoms with Crippen LogP contribution >= 0.6 is 0 Å². The molecule has 0 amide bonds. The molecule has 2 aromatic heterocycles. The number of aromatic nitrogens is 2. The van der Waals surface area contributed by atoms with Crippen molar-refractivity contribution in [3.8, 4) is 6.07 Å². The van der Waals surface area contributed by atoms with Crippen molar-refractivity contribution in [2.24, 2.45) is 0 Å². The number of nitrogens with one attached hydrogen (secondary N) is 1. The Labute approximate surface area is 121 Å². The van der Waals surface area contributed by atoms with Crippen molar-refractivity contribution in [2.75, 3.05) is 5.32 Å². The molecule has 0 saturated heterocycles. The summed E-state index contributed by atoms with van der Waals surface area (Å²) in [5.74, 6) is -0.383. The van der Waals surface area contributed by atoms with Crippen LogP contribution in [0.25, 0.3) is 5.65 Å². The van der Waals surface area contributed by atoms with Crippen molar-refractivity contribution in [1.29, 1.82) is 5.26 Å². The first-order valence-electron chi connectivity index (χ1n) is 6.54. The number of fused-ring (bicyclic) bond motifs is 1. The monoisotopic (exact) mass is 280 g/mol. The van der Waals surface area contributed by atoms with Crippen LogP contribution in [0, 0.1) is 24.1 Å². The van der Waals surface area contributed by atoms with Gasteiger partial charge in [-0.05, 0) is 31.2 Å². The Morgan fingerprint density at radius 3 is 3.00 bits per heavy atom. The molecule has 0 aliphatic heterocycles. The Morgan fingerprint density at radius 2 is 2.24 bits per heavy atom. The highest BCUT2D eigenvalue weighted by Crippen LogP contribution is 2.21. The third-order valence-corrected chi connectivity index (χ3v) is 3.35. The second-order valence-electron chi connectivity index (χ2n) is 4.79. The summed E-state index contributed by atoms with van der Waals surface area (Å²) in [4.78, 5) is 4.46. The van der Waals surface area contributed by atoms with Crippen LogP contribution in [0.15, 0.2) is 42.7 Å². The van der Waals surface area contributed by atoms with E-state index in [4.69, 9.17) is 5.26 Å². The highest BCUT2D eigenvalue weighted by atomic mass is 19.1. The summed E-state index contributed by atoms with van der Waals surface area (Å²) in [7, 11) is 0. The summed E-state index contributed by atoms with van der Waals surface area (Å²) in [6, 6.07) is 10.6. The Bertz CT molecular complexity index is 812. The summed E-state index contributed by atoms with van der Waals surface area (Å²) in [5, 5.41) is 12.0. The summed E-state index contributed by atoms with van der Waals surface area (Å²) >= 11 is 0. The number of hydrogen-bond donors (Lipinski definition) is 1. The van der Waals surface area contributed by atoms with Crippen LogP contribution in [0.2, 0.25) is 0 Å². The first-order chi connectivity index (χ1) is 10.2. The second kappa shape index (κ2) is 5.25. The van der Waals surface area contributed by atoms with E-state index in [1.54, 1.807) is 13.0 Å². The Morgan fingerprint density at radius 1 is 1.38 bits per heavy atom. The van der Waals surface area contributed by atoms with Crippen molar-refractivity contribution in [1.82, 2.24) is 9.38 Å². The summed E-state index contributed by atoms with van der Waals surface area (Å²) in [6.45, 7) is 2.15. The van der Waals surface area contributed by atoms with Crippen molar-refractivity contribution in [2.45, 2.75) is 13.5 Å². The first-order valence-corrected chi connectivity index (χ1v) is 6.54. The normalized spacial score (nSPS) is 10.5. The fourth-order valence-corrected chi connectivity index (χ4v) is 2.19. The molecule has 3 aromatic rings. The quantitative estimate of drug-likeness (QED) is 0.801. The predicted molar refractivity (Wildman–Crippen MR) is 78.4 cm³/mol. The number of halogens is 1. The standard InChI is InChI=1S/C16H13FN4/c1-11-14(17)6-12(8-18)7-15(11)19-9-13-10-21-5-3-2-4-16(21)20-13/h2-7,10,19H,9H2,1H3. The average Bonchev–Trinajstić information content (AvgIpc) is 2.91. The molecule has 0 unspecified atom stereocenters. The molecule has 1 N–H and O–H groups in total. The van der Waals surface area contributed by atoms with Crippen molar-refractivity contribution < 1.29 is 4.39 Å². The molecule has 0 bridgehead atoms. The van der Waals surface area contributed by atoms with E-state index in [9.17, 15) is 4.39 Å². The van der Waals surface area contributed by atoms with Gasteiger partial charge in [-0.15, -0.1) is 0 Å². The van der Waals surface area contributed by atoms with E-state index in [-0.39, 0.29) is 5.82 Å². The fourth-order valence-electron chi connectivity index (χ4n) is 2.19. The molecule has 104 valence electrons. The van der Waals surface area contributed by atoms with Gasteiger partial charge in [0.2, 0.25) is 0 Å². The molecular weight excluding hydrogens is 267 g/mol. The van der Waals surface area contributed by atoms with E-state index >= 15 is 0 Å². The van der Waals surface area contributed by atoms with Gasteiger partial charge in [0.05, 0.1) is 23.9 Å². The number of hydrogen-bond acceptors (Lipinski definition) is 3. The molecule has 2 heterocycles. The van der Waals surface area contributed by atoms with Crippen molar-refractivity contribution in [3.05, 3.63) is 65.4 Å². The van der Waals surface area contributed by atoms with Gasteiger partial charge in [-0.3, -0.25) is 0 Å². The van der Waals surface area contributed by atoms with Crippen LogP contribution in [0.3, 0.4) is 0 Å². The van der Waals surface area contributed by atoms with E-state index in [1.165, 1.54) is 6.07 Å². The molecule has 0 saturated carbocycles.